The Hall–Kier alpha value is -2.43. The summed E-state index contributed by atoms with van der Waals surface area (Å²) in [6, 6.07) is 14.3. The van der Waals surface area contributed by atoms with E-state index < -0.39 is 6.61 Å². The van der Waals surface area contributed by atoms with E-state index in [9.17, 15) is 13.6 Å². The average Bonchev–Trinajstić information content (AvgIpc) is 2.68. The van der Waals surface area contributed by atoms with Gasteiger partial charge in [0, 0.05) is 43.7 Å². The first-order chi connectivity index (χ1) is 13.6. The molecular formula is C20H23F2IN4O2. The molecule has 0 saturated carbocycles. The Bertz CT molecular complexity index is 864. The van der Waals surface area contributed by atoms with Gasteiger partial charge < -0.3 is 20.7 Å². The number of hydrogen-bond donors (Lipinski definition) is 3. The molecule has 2 aromatic rings. The number of fused-ring (bicyclic) bond motifs is 1. The van der Waals surface area contributed by atoms with E-state index in [2.05, 4.69) is 25.7 Å². The molecule has 0 aromatic heterocycles. The summed E-state index contributed by atoms with van der Waals surface area (Å²) in [6.45, 7) is -2.10. The van der Waals surface area contributed by atoms with Crippen molar-refractivity contribution in [2.75, 3.05) is 18.9 Å². The van der Waals surface area contributed by atoms with Crippen molar-refractivity contribution in [3.63, 3.8) is 0 Å². The molecule has 0 aliphatic carbocycles. The van der Waals surface area contributed by atoms with Crippen LogP contribution in [0.3, 0.4) is 0 Å². The van der Waals surface area contributed by atoms with E-state index >= 15 is 0 Å². The van der Waals surface area contributed by atoms with Crippen LogP contribution in [0, 0.1) is 0 Å². The zero-order valence-corrected chi connectivity index (χ0v) is 18.2. The van der Waals surface area contributed by atoms with Crippen molar-refractivity contribution in [1.82, 2.24) is 10.6 Å². The number of carbonyl (C=O) groups excluding carboxylic acids is 1. The molecule has 2 aromatic carbocycles. The minimum atomic E-state index is -2.88. The van der Waals surface area contributed by atoms with E-state index in [1.54, 1.807) is 25.2 Å². The Labute approximate surface area is 185 Å². The number of guanidine groups is 1. The summed E-state index contributed by atoms with van der Waals surface area (Å²) < 4.78 is 29.6. The van der Waals surface area contributed by atoms with Gasteiger partial charge in [-0.3, -0.25) is 9.79 Å². The van der Waals surface area contributed by atoms with E-state index in [-0.39, 0.29) is 48.1 Å². The molecule has 0 bridgehead atoms. The number of para-hydroxylation sites is 2. The van der Waals surface area contributed by atoms with E-state index in [1.807, 2.05) is 24.3 Å². The topological polar surface area (TPSA) is 74.8 Å². The Kier molecular flexibility index (Phi) is 8.62. The average molecular weight is 516 g/mol. The van der Waals surface area contributed by atoms with Gasteiger partial charge >= 0.3 is 6.61 Å². The molecule has 3 rings (SSSR count). The fraction of sp³-hybridized carbons (Fsp3) is 0.300. The van der Waals surface area contributed by atoms with Crippen LogP contribution in [0.5, 0.6) is 5.75 Å². The summed E-state index contributed by atoms with van der Waals surface area (Å²) in [6.07, 6.45) is 0.381. The molecule has 156 valence electrons. The fourth-order valence-corrected chi connectivity index (χ4v) is 3.16. The highest BCUT2D eigenvalue weighted by molar-refractivity contribution is 14.0. The highest BCUT2D eigenvalue weighted by Crippen LogP contribution is 2.31. The monoisotopic (exact) mass is 516 g/mol. The molecule has 1 atom stereocenters. The molecule has 1 amide bonds. The molecule has 1 aliphatic rings. The Morgan fingerprint density at radius 3 is 2.69 bits per heavy atom. The SMILES string of the molecule is CN=C(NCc1ccccc1OC(F)F)NCC1CC(=O)Nc2ccccc21.I. The van der Waals surface area contributed by atoms with Crippen molar-refractivity contribution in [1.29, 1.82) is 0 Å². The van der Waals surface area contributed by atoms with Crippen LogP contribution in [0.2, 0.25) is 0 Å². The van der Waals surface area contributed by atoms with Crippen molar-refractivity contribution in [2.45, 2.75) is 25.5 Å². The predicted octanol–water partition coefficient (Wildman–Crippen LogP) is 3.70. The minimum Gasteiger partial charge on any atom is -0.434 e. The van der Waals surface area contributed by atoms with Crippen molar-refractivity contribution in [2.24, 2.45) is 4.99 Å². The summed E-state index contributed by atoms with van der Waals surface area (Å²) in [4.78, 5) is 16.1. The van der Waals surface area contributed by atoms with Gasteiger partial charge in [-0.05, 0) is 17.7 Å². The summed E-state index contributed by atoms with van der Waals surface area (Å²) in [7, 11) is 1.62. The molecular weight excluding hydrogens is 493 g/mol. The number of ether oxygens (including phenoxy) is 1. The van der Waals surface area contributed by atoms with E-state index in [0.29, 0.717) is 24.5 Å². The summed E-state index contributed by atoms with van der Waals surface area (Å²) >= 11 is 0. The van der Waals surface area contributed by atoms with Crippen LogP contribution in [0.15, 0.2) is 53.5 Å². The van der Waals surface area contributed by atoms with E-state index in [4.69, 9.17) is 0 Å². The number of nitrogens with one attached hydrogen (secondary N) is 3. The molecule has 1 heterocycles. The third-order valence-corrected chi connectivity index (χ3v) is 4.48. The third kappa shape index (κ3) is 6.28. The Balaban J connectivity index is 0.00000300. The van der Waals surface area contributed by atoms with Crippen LogP contribution in [0.25, 0.3) is 0 Å². The number of carbonyl (C=O) groups is 1. The second kappa shape index (κ2) is 10.9. The van der Waals surface area contributed by atoms with Crippen LogP contribution in [0.1, 0.15) is 23.5 Å². The Morgan fingerprint density at radius 2 is 1.93 bits per heavy atom. The summed E-state index contributed by atoms with van der Waals surface area (Å²) in [5.74, 6) is 0.623. The molecule has 0 fully saturated rings. The standard InChI is InChI=1S/C20H22F2N4O2.HI/c1-23-20(24-11-13-6-2-5-9-17(13)28-19(21)22)25-12-14-10-18(27)26-16-8-4-3-7-15(14)16;/h2-9,14,19H,10-12H2,1H3,(H,26,27)(H2,23,24,25);1H. The molecule has 3 N–H and O–H groups in total. The lowest BCUT2D eigenvalue weighted by Crippen LogP contribution is -2.40. The van der Waals surface area contributed by atoms with Crippen LogP contribution >= 0.6 is 24.0 Å². The quantitative estimate of drug-likeness (QED) is 0.311. The van der Waals surface area contributed by atoms with Crippen molar-refractivity contribution in [3.05, 3.63) is 59.7 Å². The molecule has 0 saturated heterocycles. The van der Waals surface area contributed by atoms with Crippen molar-refractivity contribution < 1.29 is 18.3 Å². The normalized spacial score (nSPS) is 15.8. The predicted molar refractivity (Wildman–Crippen MR) is 119 cm³/mol. The van der Waals surface area contributed by atoms with Gasteiger partial charge in [-0.2, -0.15) is 8.78 Å². The van der Waals surface area contributed by atoms with Gasteiger partial charge in [-0.15, -0.1) is 24.0 Å². The second-order valence-corrected chi connectivity index (χ2v) is 6.33. The Morgan fingerprint density at radius 1 is 1.21 bits per heavy atom. The molecule has 1 aliphatic heterocycles. The lowest BCUT2D eigenvalue weighted by molar-refractivity contribution is -0.116. The van der Waals surface area contributed by atoms with Crippen LogP contribution in [0.4, 0.5) is 14.5 Å². The number of nitrogens with zero attached hydrogens (tertiary/aromatic N) is 1. The fourth-order valence-electron chi connectivity index (χ4n) is 3.16. The number of rotatable bonds is 6. The van der Waals surface area contributed by atoms with Gasteiger partial charge in [0.25, 0.3) is 0 Å². The largest absolute Gasteiger partial charge is 0.434 e. The van der Waals surface area contributed by atoms with Gasteiger partial charge in [0.1, 0.15) is 5.75 Å². The molecule has 6 nitrogen and oxygen atoms in total. The molecule has 1 unspecified atom stereocenters. The van der Waals surface area contributed by atoms with Gasteiger partial charge in [0.05, 0.1) is 0 Å². The van der Waals surface area contributed by atoms with Crippen LogP contribution in [-0.2, 0) is 11.3 Å². The zero-order chi connectivity index (χ0) is 19.9. The second-order valence-electron chi connectivity index (χ2n) is 6.33. The highest BCUT2D eigenvalue weighted by atomic mass is 127. The van der Waals surface area contributed by atoms with E-state index in [1.165, 1.54) is 6.07 Å². The maximum absolute atomic E-state index is 12.5. The lowest BCUT2D eigenvalue weighted by atomic mass is 9.90. The number of alkyl halides is 2. The highest BCUT2D eigenvalue weighted by Gasteiger charge is 2.24. The maximum Gasteiger partial charge on any atom is 0.387 e. The first-order valence-electron chi connectivity index (χ1n) is 8.93. The van der Waals surface area contributed by atoms with Crippen molar-refractivity contribution in [3.8, 4) is 5.75 Å². The van der Waals surface area contributed by atoms with Crippen LogP contribution in [-0.4, -0.2) is 32.1 Å². The number of halogens is 3. The first kappa shape index (κ1) is 22.9. The van der Waals surface area contributed by atoms with Crippen LogP contribution < -0.4 is 20.7 Å². The molecule has 0 spiro atoms. The third-order valence-electron chi connectivity index (χ3n) is 4.48. The van der Waals surface area contributed by atoms with Gasteiger partial charge in [-0.25, -0.2) is 0 Å². The number of hydrogen-bond acceptors (Lipinski definition) is 3. The number of amides is 1. The van der Waals surface area contributed by atoms with E-state index in [0.717, 1.165) is 11.3 Å². The van der Waals surface area contributed by atoms with Gasteiger partial charge in [0.15, 0.2) is 5.96 Å². The van der Waals surface area contributed by atoms with Crippen molar-refractivity contribution >= 4 is 41.5 Å². The van der Waals surface area contributed by atoms with Gasteiger partial charge in [0.2, 0.25) is 5.91 Å². The summed E-state index contributed by atoms with van der Waals surface area (Å²) in [5.41, 5.74) is 2.49. The minimum absolute atomic E-state index is 0. The smallest absolute Gasteiger partial charge is 0.387 e. The number of aliphatic imine (C=N–C) groups is 1. The zero-order valence-electron chi connectivity index (χ0n) is 15.8. The first-order valence-corrected chi connectivity index (χ1v) is 8.93. The molecule has 0 radical (unpaired) electrons. The molecule has 29 heavy (non-hydrogen) atoms. The molecule has 9 heteroatoms. The lowest BCUT2D eigenvalue weighted by Gasteiger charge is -2.26. The number of anilines is 1. The number of benzene rings is 2. The summed E-state index contributed by atoms with van der Waals surface area (Å²) in [5, 5.41) is 9.16. The van der Waals surface area contributed by atoms with Gasteiger partial charge in [-0.1, -0.05) is 36.4 Å². The maximum atomic E-state index is 12.5.